The fourth-order valence-electron chi connectivity index (χ4n) is 2.59. The second kappa shape index (κ2) is 8.63. The molecule has 1 rings (SSSR count). The molecule has 0 saturated carbocycles. The third-order valence-corrected chi connectivity index (χ3v) is 3.93. The second-order valence-corrected chi connectivity index (χ2v) is 6.17. The summed E-state index contributed by atoms with van der Waals surface area (Å²) in [6.45, 7) is 8.27. The molecular formula is C15H28F2N2O2. The van der Waals surface area contributed by atoms with Gasteiger partial charge >= 0.3 is 0 Å². The van der Waals surface area contributed by atoms with Crippen molar-refractivity contribution in [3.8, 4) is 0 Å². The molecule has 0 aromatic heterocycles. The Labute approximate surface area is 126 Å². The highest BCUT2D eigenvalue weighted by Crippen LogP contribution is 2.22. The van der Waals surface area contributed by atoms with Gasteiger partial charge in [-0.1, -0.05) is 34.1 Å². The van der Waals surface area contributed by atoms with E-state index >= 15 is 0 Å². The molecule has 1 heterocycles. The van der Waals surface area contributed by atoms with Crippen LogP contribution in [0.5, 0.6) is 0 Å². The first-order chi connectivity index (χ1) is 9.86. The third kappa shape index (κ3) is 5.51. The van der Waals surface area contributed by atoms with Crippen LogP contribution in [0, 0.1) is 11.8 Å². The van der Waals surface area contributed by atoms with E-state index in [-0.39, 0.29) is 30.6 Å². The standard InChI is InChI=1S/C15H28F2N2O2/c1-5-11(4)14-15(20)19(6-7-21-9-12(16)17)13(18-14)8-10(2)3/h10-14,18H,5-9H2,1-4H3. The molecular weight excluding hydrogens is 278 g/mol. The molecule has 1 aliphatic heterocycles. The molecule has 0 spiro atoms. The molecule has 0 aromatic carbocycles. The van der Waals surface area contributed by atoms with E-state index < -0.39 is 13.0 Å². The molecule has 0 radical (unpaired) electrons. The van der Waals surface area contributed by atoms with Gasteiger partial charge in [-0.25, -0.2) is 8.78 Å². The molecule has 21 heavy (non-hydrogen) atoms. The van der Waals surface area contributed by atoms with Gasteiger partial charge in [-0.3, -0.25) is 10.1 Å². The Kier molecular flexibility index (Phi) is 7.52. The maximum atomic E-state index is 12.5. The summed E-state index contributed by atoms with van der Waals surface area (Å²) >= 11 is 0. The van der Waals surface area contributed by atoms with E-state index in [1.807, 2.05) is 0 Å². The minimum Gasteiger partial charge on any atom is -0.374 e. The molecule has 0 bridgehead atoms. The first-order valence-electron chi connectivity index (χ1n) is 7.79. The fraction of sp³-hybridized carbons (Fsp3) is 0.933. The van der Waals surface area contributed by atoms with Gasteiger partial charge in [0.2, 0.25) is 5.91 Å². The molecule has 4 nitrogen and oxygen atoms in total. The number of nitrogens with zero attached hydrogens (tertiary/aromatic N) is 1. The molecule has 1 N–H and O–H groups in total. The summed E-state index contributed by atoms with van der Waals surface area (Å²) in [5.41, 5.74) is 0. The zero-order valence-corrected chi connectivity index (χ0v) is 13.4. The minimum absolute atomic E-state index is 0.0216. The highest BCUT2D eigenvalue weighted by molar-refractivity contribution is 5.84. The van der Waals surface area contributed by atoms with E-state index in [9.17, 15) is 13.6 Å². The van der Waals surface area contributed by atoms with Crippen LogP contribution in [0.1, 0.15) is 40.5 Å². The Balaban J connectivity index is 2.59. The predicted molar refractivity (Wildman–Crippen MR) is 78.2 cm³/mol. The Morgan fingerprint density at radius 1 is 1.33 bits per heavy atom. The van der Waals surface area contributed by atoms with E-state index in [2.05, 4.69) is 33.0 Å². The number of ether oxygens (including phenoxy) is 1. The van der Waals surface area contributed by atoms with Crippen molar-refractivity contribution in [2.45, 2.75) is 59.2 Å². The second-order valence-electron chi connectivity index (χ2n) is 6.17. The SMILES string of the molecule is CCC(C)C1NC(CC(C)C)N(CCOCC(F)F)C1=O. The number of hydrogen-bond acceptors (Lipinski definition) is 3. The van der Waals surface area contributed by atoms with Crippen molar-refractivity contribution in [1.29, 1.82) is 0 Å². The van der Waals surface area contributed by atoms with Gasteiger partial charge in [0.05, 0.1) is 18.8 Å². The number of carbonyl (C=O) groups is 1. The summed E-state index contributed by atoms with van der Waals surface area (Å²) in [4.78, 5) is 14.2. The van der Waals surface area contributed by atoms with Crippen LogP contribution in [0.3, 0.4) is 0 Å². The van der Waals surface area contributed by atoms with Gasteiger partial charge < -0.3 is 9.64 Å². The van der Waals surface area contributed by atoms with Crippen molar-refractivity contribution in [3.63, 3.8) is 0 Å². The van der Waals surface area contributed by atoms with E-state index in [4.69, 9.17) is 4.74 Å². The smallest absolute Gasteiger partial charge is 0.261 e. The molecule has 3 unspecified atom stereocenters. The van der Waals surface area contributed by atoms with Crippen LogP contribution in [0.2, 0.25) is 0 Å². The lowest BCUT2D eigenvalue weighted by Gasteiger charge is -2.25. The maximum absolute atomic E-state index is 12.5. The van der Waals surface area contributed by atoms with Crippen LogP contribution in [0.4, 0.5) is 8.78 Å². The van der Waals surface area contributed by atoms with Crippen LogP contribution in [0.15, 0.2) is 0 Å². The number of alkyl halides is 2. The lowest BCUT2D eigenvalue weighted by atomic mass is 9.99. The van der Waals surface area contributed by atoms with Gasteiger partial charge in [-0.15, -0.1) is 0 Å². The molecule has 1 saturated heterocycles. The largest absolute Gasteiger partial charge is 0.374 e. The summed E-state index contributed by atoms with van der Waals surface area (Å²) in [5, 5.41) is 3.40. The number of hydrogen-bond donors (Lipinski definition) is 1. The van der Waals surface area contributed by atoms with Crippen molar-refractivity contribution in [2.24, 2.45) is 11.8 Å². The topological polar surface area (TPSA) is 41.6 Å². The molecule has 3 atom stereocenters. The van der Waals surface area contributed by atoms with Crippen LogP contribution in [-0.4, -0.2) is 49.2 Å². The van der Waals surface area contributed by atoms with Crippen LogP contribution >= 0.6 is 0 Å². The van der Waals surface area contributed by atoms with E-state index in [1.54, 1.807) is 4.90 Å². The summed E-state index contributed by atoms with van der Waals surface area (Å²) < 4.78 is 29.0. The Morgan fingerprint density at radius 2 is 2.00 bits per heavy atom. The van der Waals surface area contributed by atoms with Gasteiger partial charge in [0, 0.05) is 6.54 Å². The molecule has 1 fully saturated rings. The van der Waals surface area contributed by atoms with Crippen molar-refractivity contribution >= 4 is 5.91 Å². The molecule has 124 valence electrons. The number of nitrogens with one attached hydrogen (secondary N) is 1. The molecule has 6 heteroatoms. The summed E-state index contributed by atoms with van der Waals surface area (Å²) in [6.07, 6.45) is -0.704. The molecule has 0 aromatic rings. The summed E-state index contributed by atoms with van der Waals surface area (Å²) in [5.74, 6) is 0.783. The zero-order chi connectivity index (χ0) is 16.0. The monoisotopic (exact) mass is 306 g/mol. The van der Waals surface area contributed by atoms with Crippen molar-refractivity contribution in [2.75, 3.05) is 19.8 Å². The number of carbonyl (C=O) groups excluding carboxylic acids is 1. The lowest BCUT2D eigenvalue weighted by Crippen LogP contribution is -2.40. The normalized spacial score (nSPS) is 24.4. The summed E-state index contributed by atoms with van der Waals surface area (Å²) in [7, 11) is 0. The van der Waals surface area contributed by atoms with Gasteiger partial charge in [0.1, 0.15) is 6.61 Å². The average molecular weight is 306 g/mol. The first kappa shape index (κ1) is 18.3. The van der Waals surface area contributed by atoms with Crippen LogP contribution < -0.4 is 5.32 Å². The third-order valence-electron chi connectivity index (χ3n) is 3.93. The molecule has 1 aliphatic rings. The highest BCUT2D eigenvalue weighted by atomic mass is 19.3. The Morgan fingerprint density at radius 3 is 2.52 bits per heavy atom. The minimum atomic E-state index is -2.46. The van der Waals surface area contributed by atoms with Crippen molar-refractivity contribution < 1.29 is 18.3 Å². The zero-order valence-electron chi connectivity index (χ0n) is 13.4. The lowest BCUT2D eigenvalue weighted by molar-refractivity contribution is -0.131. The van der Waals surface area contributed by atoms with E-state index in [1.165, 1.54) is 0 Å². The number of amides is 1. The fourth-order valence-corrected chi connectivity index (χ4v) is 2.59. The van der Waals surface area contributed by atoms with Crippen LogP contribution in [-0.2, 0) is 9.53 Å². The van der Waals surface area contributed by atoms with Gasteiger partial charge in [0.15, 0.2) is 0 Å². The number of rotatable bonds is 9. The van der Waals surface area contributed by atoms with E-state index in [0.29, 0.717) is 12.5 Å². The molecule has 0 aliphatic carbocycles. The maximum Gasteiger partial charge on any atom is 0.261 e. The van der Waals surface area contributed by atoms with Crippen molar-refractivity contribution in [1.82, 2.24) is 10.2 Å². The van der Waals surface area contributed by atoms with Gasteiger partial charge in [0.25, 0.3) is 6.43 Å². The highest BCUT2D eigenvalue weighted by Gasteiger charge is 2.40. The van der Waals surface area contributed by atoms with Crippen molar-refractivity contribution in [3.05, 3.63) is 0 Å². The Hall–Kier alpha value is -0.750. The van der Waals surface area contributed by atoms with Gasteiger partial charge in [-0.05, 0) is 18.3 Å². The predicted octanol–water partition coefficient (Wildman–Crippen LogP) is 2.49. The summed E-state index contributed by atoms with van der Waals surface area (Å²) in [6, 6.07) is -0.172. The first-order valence-corrected chi connectivity index (χ1v) is 7.79. The average Bonchev–Trinajstić information content (AvgIpc) is 2.70. The molecule has 1 amide bonds. The number of halogens is 2. The quantitative estimate of drug-likeness (QED) is 0.665. The van der Waals surface area contributed by atoms with Gasteiger partial charge in [-0.2, -0.15) is 0 Å². The Bertz CT molecular complexity index is 327. The van der Waals surface area contributed by atoms with E-state index in [0.717, 1.165) is 12.8 Å². The van der Waals surface area contributed by atoms with Crippen LogP contribution in [0.25, 0.3) is 0 Å².